The summed E-state index contributed by atoms with van der Waals surface area (Å²) in [5.41, 5.74) is 3.12. The van der Waals surface area contributed by atoms with E-state index in [0.29, 0.717) is 0 Å². The van der Waals surface area contributed by atoms with Crippen LogP contribution in [-0.4, -0.2) is 16.5 Å². The van der Waals surface area contributed by atoms with E-state index in [1.165, 1.54) is 0 Å². The first-order valence-electron chi connectivity index (χ1n) is 5.94. The topological polar surface area (TPSA) is 28.2 Å². The van der Waals surface area contributed by atoms with Crippen molar-refractivity contribution >= 4 is 34.4 Å². The lowest BCUT2D eigenvalue weighted by atomic mass is 10.2. The van der Waals surface area contributed by atoms with Crippen LogP contribution in [0, 0.1) is 0 Å². The first-order valence-corrected chi connectivity index (χ1v) is 6.35. The van der Waals surface area contributed by atoms with E-state index in [2.05, 4.69) is 28.2 Å². The molecule has 0 saturated heterocycles. The molecule has 0 bridgehead atoms. The molecule has 1 N–H and O–H groups in total. The minimum absolute atomic E-state index is 0.818. The zero-order valence-electron chi connectivity index (χ0n) is 10.1. The molecule has 0 saturated carbocycles. The molecule has 1 aliphatic rings. The van der Waals surface area contributed by atoms with Crippen molar-refractivity contribution in [1.29, 1.82) is 0 Å². The monoisotopic (exact) mass is 255 g/mol. The SMILES string of the molecule is CCN1C(=S)c2cccnc2Nc2ccccc21. The number of para-hydroxylation sites is 2. The Balaban J connectivity index is 2.23. The number of aromatic nitrogens is 1. The second-order valence-electron chi connectivity index (χ2n) is 4.09. The highest BCUT2D eigenvalue weighted by Crippen LogP contribution is 2.34. The number of pyridine rings is 1. The number of rotatable bonds is 1. The number of nitrogens with zero attached hydrogens (tertiary/aromatic N) is 2. The predicted octanol–water partition coefficient (Wildman–Crippen LogP) is 3.34. The van der Waals surface area contributed by atoms with E-state index < -0.39 is 0 Å². The maximum absolute atomic E-state index is 5.59. The molecule has 2 aromatic rings. The lowest BCUT2D eigenvalue weighted by Crippen LogP contribution is -2.29. The molecule has 90 valence electrons. The van der Waals surface area contributed by atoms with Gasteiger partial charge in [0, 0.05) is 12.7 Å². The van der Waals surface area contributed by atoms with Gasteiger partial charge < -0.3 is 10.2 Å². The molecule has 0 amide bonds. The average molecular weight is 255 g/mol. The highest BCUT2D eigenvalue weighted by atomic mass is 32.1. The molecule has 0 fully saturated rings. The van der Waals surface area contributed by atoms with Crippen LogP contribution in [0.2, 0.25) is 0 Å². The van der Waals surface area contributed by atoms with Gasteiger partial charge in [-0.2, -0.15) is 0 Å². The first kappa shape index (κ1) is 11.2. The number of benzene rings is 1. The van der Waals surface area contributed by atoms with Crippen LogP contribution in [0.25, 0.3) is 0 Å². The Hall–Kier alpha value is -1.94. The summed E-state index contributed by atoms with van der Waals surface area (Å²) in [6, 6.07) is 12.1. The third kappa shape index (κ3) is 1.66. The molecular weight excluding hydrogens is 242 g/mol. The molecule has 3 nitrogen and oxygen atoms in total. The van der Waals surface area contributed by atoms with Gasteiger partial charge in [0.15, 0.2) is 0 Å². The van der Waals surface area contributed by atoms with E-state index in [1.54, 1.807) is 6.20 Å². The fourth-order valence-electron chi connectivity index (χ4n) is 2.19. The molecule has 3 rings (SSSR count). The minimum atomic E-state index is 0.818. The molecule has 2 heterocycles. The Bertz CT molecular complexity index is 609. The van der Waals surface area contributed by atoms with Gasteiger partial charge >= 0.3 is 0 Å². The van der Waals surface area contributed by atoms with Crippen molar-refractivity contribution in [3.63, 3.8) is 0 Å². The van der Waals surface area contributed by atoms with Gasteiger partial charge in [-0.1, -0.05) is 24.4 Å². The van der Waals surface area contributed by atoms with Crippen molar-refractivity contribution in [1.82, 2.24) is 4.98 Å². The van der Waals surface area contributed by atoms with Gasteiger partial charge in [0.05, 0.1) is 16.9 Å². The van der Waals surface area contributed by atoms with Crippen LogP contribution in [0.1, 0.15) is 12.5 Å². The fourth-order valence-corrected chi connectivity index (χ4v) is 2.58. The van der Waals surface area contributed by atoms with Crippen molar-refractivity contribution in [3.8, 4) is 0 Å². The Morgan fingerprint density at radius 3 is 2.89 bits per heavy atom. The third-order valence-corrected chi connectivity index (χ3v) is 3.49. The van der Waals surface area contributed by atoms with Gasteiger partial charge in [-0.3, -0.25) is 0 Å². The van der Waals surface area contributed by atoms with E-state index in [1.807, 2.05) is 30.3 Å². The zero-order chi connectivity index (χ0) is 12.5. The van der Waals surface area contributed by atoms with Crippen LogP contribution in [0.3, 0.4) is 0 Å². The van der Waals surface area contributed by atoms with Crippen LogP contribution in [-0.2, 0) is 0 Å². The Kier molecular flexibility index (Phi) is 2.72. The normalized spacial score (nSPS) is 13.4. The van der Waals surface area contributed by atoms with Crippen molar-refractivity contribution in [3.05, 3.63) is 48.2 Å². The Morgan fingerprint density at radius 1 is 1.22 bits per heavy atom. The molecule has 4 heteroatoms. The first-order chi connectivity index (χ1) is 8.81. The lowest BCUT2D eigenvalue weighted by molar-refractivity contribution is 1.07. The molecule has 18 heavy (non-hydrogen) atoms. The molecule has 0 unspecified atom stereocenters. The van der Waals surface area contributed by atoms with Gasteiger partial charge in [-0.15, -0.1) is 0 Å². The van der Waals surface area contributed by atoms with Crippen LogP contribution in [0.15, 0.2) is 42.6 Å². The van der Waals surface area contributed by atoms with Gasteiger partial charge in [0.25, 0.3) is 0 Å². The summed E-state index contributed by atoms with van der Waals surface area (Å²) >= 11 is 5.59. The summed E-state index contributed by atoms with van der Waals surface area (Å²) in [4.78, 5) is 7.32. The molecule has 0 atom stereocenters. The van der Waals surface area contributed by atoms with Gasteiger partial charge in [0.1, 0.15) is 10.8 Å². The average Bonchev–Trinajstić information content (AvgIpc) is 2.53. The van der Waals surface area contributed by atoms with E-state index in [4.69, 9.17) is 12.2 Å². The van der Waals surface area contributed by atoms with Crippen LogP contribution in [0.4, 0.5) is 17.2 Å². The number of fused-ring (bicyclic) bond motifs is 2. The largest absolute Gasteiger partial charge is 0.338 e. The summed E-state index contributed by atoms with van der Waals surface area (Å²) < 4.78 is 0. The van der Waals surface area contributed by atoms with E-state index in [9.17, 15) is 0 Å². The smallest absolute Gasteiger partial charge is 0.140 e. The van der Waals surface area contributed by atoms with Crippen molar-refractivity contribution < 1.29 is 0 Å². The second kappa shape index (κ2) is 4.38. The number of thiocarbonyl (C=S) groups is 1. The second-order valence-corrected chi connectivity index (χ2v) is 4.48. The fraction of sp³-hybridized carbons (Fsp3) is 0.143. The molecule has 0 spiro atoms. The third-order valence-electron chi connectivity index (χ3n) is 3.05. The summed E-state index contributed by atoms with van der Waals surface area (Å²) in [6.45, 7) is 2.94. The standard InChI is InChI=1S/C14H13N3S/c1-2-17-12-8-4-3-7-11(12)16-13-10(14(17)18)6-5-9-15-13/h3-9H,2H2,1H3,(H,15,16). The quantitative estimate of drug-likeness (QED) is 0.791. The molecule has 0 radical (unpaired) electrons. The van der Waals surface area contributed by atoms with Gasteiger partial charge in [0.2, 0.25) is 0 Å². The summed E-state index contributed by atoms with van der Waals surface area (Å²) in [7, 11) is 0. The highest BCUT2D eigenvalue weighted by molar-refractivity contribution is 7.81. The number of anilines is 3. The summed E-state index contributed by atoms with van der Waals surface area (Å²) in [6.07, 6.45) is 1.78. The van der Waals surface area contributed by atoms with E-state index >= 15 is 0 Å². The molecular formula is C14H13N3S. The molecule has 1 aromatic heterocycles. The Morgan fingerprint density at radius 2 is 2.06 bits per heavy atom. The Labute approximate surface area is 111 Å². The zero-order valence-corrected chi connectivity index (χ0v) is 10.9. The highest BCUT2D eigenvalue weighted by Gasteiger charge is 2.22. The number of hydrogen-bond acceptors (Lipinski definition) is 3. The van der Waals surface area contributed by atoms with Crippen molar-refractivity contribution in [2.45, 2.75) is 6.92 Å². The van der Waals surface area contributed by atoms with Crippen LogP contribution < -0.4 is 10.2 Å². The maximum Gasteiger partial charge on any atom is 0.140 e. The summed E-state index contributed by atoms with van der Waals surface area (Å²) in [5.74, 6) is 0.825. The molecule has 0 aliphatic carbocycles. The van der Waals surface area contributed by atoms with Crippen molar-refractivity contribution in [2.24, 2.45) is 0 Å². The van der Waals surface area contributed by atoms with Gasteiger partial charge in [-0.25, -0.2) is 4.98 Å². The molecule has 1 aliphatic heterocycles. The lowest BCUT2D eigenvalue weighted by Gasteiger charge is -2.23. The van der Waals surface area contributed by atoms with Crippen LogP contribution in [0.5, 0.6) is 0 Å². The van der Waals surface area contributed by atoms with Crippen molar-refractivity contribution in [2.75, 3.05) is 16.8 Å². The van der Waals surface area contributed by atoms with E-state index in [0.717, 1.165) is 34.3 Å². The van der Waals surface area contributed by atoms with Gasteiger partial charge in [-0.05, 0) is 31.2 Å². The minimum Gasteiger partial charge on any atom is -0.338 e. The number of nitrogens with one attached hydrogen (secondary N) is 1. The predicted molar refractivity (Wildman–Crippen MR) is 78.7 cm³/mol. The summed E-state index contributed by atoms with van der Waals surface area (Å²) in [5, 5.41) is 3.36. The maximum atomic E-state index is 5.59. The van der Waals surface area contributed by atoms with E-state index in [-0.39, 0.29) is 0 Å². The molecule has 1 aromatic carbocycles. The van der Waals surface area contributed by atoms with Crippen LogP contribution >= 0.6 is 12.2 Å². The number of hydrogen-bond donors (Lipinski definition) is 1.